The second-order valence-electron chi connectivity index (χ2n) is 5.17. The third kappa shape index (κ3) is 4.41. The normalized spacial score (nSPS) is 12.1. The van der Waals surface area contributed by atoms with E-state index in [2.05, 4.69) is 35.6 Å². The van der Waals surface area contributed by atoms with Gasteiger partial charge in [0, 0.05) is 12.6 Å². The average molecular weight is 359 g/mol. The van der Waals surface area contributed by atoms with Gasteiger partial charge in [0.2, 0.25) is 22.8 Å². The molecular weight excluding hydrogens is 342 g/mol. The van der Waals surface area contributed by atoms with Crippen molar-refractivity contribution in [3.05, 3.63) is 36.1 Å². The number of aryl methyl sites for hydroxylation is 1. The molecule has 0 radical (unpaired) electrons. The summed E-state index contributed by atoms with van der Waals surface area (Å²) in [5, 5.41) is 14.1. The van der Waals surface area contributed by atoms with E-state index in [1.807, 2.05) is 19.1 Å². The molecule has 3 heterocycles. The summed E-state index contributed by atoms with van der Waals surface area (Å²) in [6.45, 7) is 3.76. The lowest BCUT2D eigenvalue weighted by atomic mass is 10.3. The number of amides is 1. The Bertz CT molecular complexity index is 833. The van der Waals surface area contributed by atoms with Crippen molar-refractivity contribution in [2.24, 2.45) is 0 Å². The van der Waals surface area contributed by atoms with E-state index in [1.54, 1.807) is 19.2 Å². The minimum absolute atomic E-state index is 0.169. The zero-order chi connectivity index (χ0) is 17.6. The van der Waals surface area contributed by atoms with Crippen LogP contribution in [0.1, 0.15) is 31.6 Å². The molecule has 0 fully saturated rings. The van der Waals surface area contributed by atoms with Crippen LogP contribution >= 0.6 is 11.8 Å². The first kappa shape index (κ1) is 17.1. The fraction of sp³-hybridized carbons (Fsp3) is 0.333. The fourth-order valence-corrected chi connectivity index (χ4v) is 2.61. The van der Waals surface area contributed by atoms with Crippen molar-refractivity contribution in [3.8, 4) is 11.5 Å². The molecule has 3 aromatic rings. The van der Waals surface area contributed by atoms with Gasteiger partial charge in [0.15, 0.2) is 0 Å². The smallest absolute Gasteiger partial charge is 0.249 e. The van der Waals surface area contributed by atoms with E-state index in [-0.39, 0.29) is 11.7 Å². The van der Waals surface area contributed by atoms with Crippen molar-refractivity contribution < 1.29 is 9.32 Å². The number of hydrogen-bond donors (Lipinski definition) is 2. The Morgan fingerprint density at radius 3 is 3.00 bits per heavy atom. The Labute approximate surface area is 148 Å². The van der Waals surface area contributed by atoms with Crippen LogP contribution < -0.4 is 5.32 Å². The molecule has 3 rings (SSSR count). The van der Waals surface area contributed by atoms with Gasteiger partial charge in [-0.05, 0) is 19.1 Å². The molecule has 0 aliphatic carbocycles. The topological polar surface area (TPSA) is 122 Å². The van der Waals surface area contributed by atoms with E-state index in [9.17, 15) is 4.79 Å². The first-order chi connectivity index (χ1) is 12.2. The van der Waals surface area contributed by atoms with Gasteiger partial charge in [0.05, 0.1) is 5.75 Å². The number of nitrogens with zero attached hydrogens (tertiary/aromatic N) is 5. The van der Waals surface area contributed by atoms with Gasteiger partial charge in [0.1, 0.15) is 17.6 Å². The zero-order valence-electron chi connectivity index (χ0n) is 13.8. The van der Waals surface area contributed by atoms with Crippen LogP contribution in [0.3, 0.4) is 0 Å². The molecule has 0 unspecified atom stereocenters. The summed E-state index contributed by atoms with van der Waals surface area (Å²) >= 11 is 1.26. The third-order valence-corrected chi connectivity index (χ3v) is 4.11. The van der Waals surface area contributed by atoms with Crippen molar-refractivity contribution in [1.82, 2.24) is 35.6 Å². The molecule has 10 heteroatoms. The maximum Gasteiger partial charge on any atom is 0.249 e. The highest BCUT2D eigenvalue weighted by molar-refractivity contribution is 7.99. The Hall–Kier alpha value is -2.75. The quantitative estimate of drug-likeness (QED) is 0.612. The lowest BCUT2D eigenvalue weighted by Crippen LogP contribution is -2.28. The molecular formula is C15H17N7O2S. The highest BCUT2D eigenvalue weighted by atomic mass is 32.2. The predicted molar refractivity (Wildman–Crippen MR) is 90.6 cm³/mol. The number of carbonyl (C=O) groups excluding carboxylic acids is 1. The second kappa shape index (κ2) is 7.88. The van der Waals surface area contributed by atoms with Crippen LogP contribution in [-0.2, 0) is 11.2 Å². The van der Waals surface area contributed by atoms with Crippen molar-refractivity contribution >= 4 is 17.7 Å². The molecule has 0 saturated heterocycles. The van der Waals surface area contributed by atoms with Crippen LogP contribution in [-0.4, -0.2) is 42.0 Å². The van der Waals surface area contributed by atoms with Crippen LogP contribution in [0.25, 0.3) is 11.5 Å². The van der Waals surface area contributed by atoms with Crippen molar-refractivity contribution in [1.29, 1.82) is 0 Å². The predicted octanol–water partition coefficient (Wildman–Crippen LogP) is 1.78. The number of pyridine rings is 1. The molecule has 25 heavy (non-hydrogen) atoms. The molecule has 1 atom stereocenters. The molecule has 3 aromatic heterocycles. The highest BCUT2D eigenvalue weighted by Gasteiger charge is 2.18. The first-order valence-corrected chi connectivity index (χ1v) is 8.72. The van der Waals surface area contributed by atoms with Crippen LogP contribution in [0.4, 0.5) is 0 Å². The highest BCUT2D eigenvalue weighted by Crippen LogP contribution is 2.17. The molecule has 9 nitrogen and oxygen atoms in total. The molecule has 0 aliphatic rings. The summed E-state index contributed by atoms with van der Waals surface area (Å²) in [7, 11) is 0. The van der Waals surface area contributed by atoms with Crippen LogP contribution in [0.15, 0.2) is 34.1 Å². The SMILES string of the molecule is CCc1nc(SCC(=O)N[C@@H](C)c2nc(-c3ccccn3)no2)n[nH]1. The van der Waals surface area contributed by atoms with Gasteiger partial charge in [-0.1, -0.05) is 29.9 Å². The number of H-pyrrole nitrogens is 1. The molecule has 0 spiro atoms. The fourth-order valence-electron chi connectivity index (χ4n) is 1.99. The van der Waals surface area contributed by atoms with Gasteiger partial charge in [-0.2, -0.15) is 4.98 Å². The number of aromatic amines is 1. The molecule has 0 saturated carbocycles. The lowest BCUT2D eigenvalue weighted by molar-refractivity contribution is -0.119. The number of rotatable bonds is 7. The van der Waals surface area contributed by atoms with Gasteiger partial charge >= 0.3 is 0 Å². The number of thioether (sulfide) groups is 1. The molecule has 0 aliphatic heterocycles. The summed E-state index contributed by atoms with van der Waals surface area (Å²) in [6, 6.07) is 5.03. The maximum absolute atomic E-state index is 12.1. The minimum Gasteiger partial charge on any atom is -0.344 e. The molecule has 130 valence electrons. The van der Waals surface area contributed by atoms with E-state index in [1.165, 1.54) is 11.8 Å². The number of carbonyl (C=O) groups is 1. The molecule has 2 N–H and O–H groups in total. The second-order valence-corrected chi connectivity index (χ2v) is 6.11. The standard InChI is InChI=1S/C15H17N7O2S/c1-3-11-18-15(21-20-11)25-8-12(23)17-9(2)14-19-13(22-24-14)10-6-4-5-7-16-10/h4-7,9H,3,8H2,1-2H3,(H,17,23)(H,18,20,21)/t9-/m0/s1. The monoisotopic (exact) mass is 359 g/mol. The van der Waals surface area contributed by atoms with E-state index in [0.29, 0.717) is 22.6 Å². The van der Waals surface area contributed by atoms with Crippen molar-refractivity contribution in [2.45, 2.75) is 31.5 Å². The summed E-state index contributed by atoms with van der Waals surface area (Å²) in [6.07, 6.45) is 2.42. The Morgan fingerprint density at radius 2 is 2.28 bits per heavy atom. The zero-order valence-corrected chi connectivity index (χ0v) is 14.6. The maximum atomic E-state index is 12.1. The van der Waals surface area contributed by atoms with Gasteiger partial charge in [-0.15, -0.1) is 5.10 Å². The lowest BCUT2D eigenvalue weighted by Gasteiger charge is -2.08. The van der Waals surface area contributed by atoms with Crippen LogP contribution in [0, 0.1) is 0 Å². The van der Waals surface area contributed by atoms with E-state index >= 15 is 0 Å². The van der Waals surface area contributed by atoms with Gasteiger partial charge in [-0.25, -0.2) is 4.98 Å². The van der Waals surface area contributed by atoms with E-state index in [4.69, 9.17) is 4.52 Å². The third-order valence-electron chi connectivity index (χ3n) is 3.26. The Morgan fingerprint density at radius 1 is 1.40 bits per heavy atom. The van der Waals surface area contributed by atoms with Gasteiger partial charge in [-0.3, -0.25) is 14.9 Å². The Kier molecular flexibility index (Phi) is 5.39. The average Bonchev–Trinajstić information content (AvgIpc) is 3.30. The van der Waals surface area contributed by atoms with Crippen LogP contribution in [0.5, 0.6) is 0 Å². The van der Waals surface area contributed by atoms with Gasteiger partial charge < -0.3 is 9.84 Å². The van der Waals surface area contributed by atoms with Crippen molar-refractivity contribution in [3.63, 3.8) is 0 Å². The minimum atomic E-state index is -0.406. The molecule has 1 amide bonds. The molecule has 0 bridgehead atoms. The summed E-state index contributed by atoms with van der Waals surface area (Å²) < 4.78 is 5.21. The number of aromatic nitrogens is 6. The summed E-state index contributed by atoms with van der Waals surface area (Å²) in [5.41, 5.74) is 0.614. The first-order valence-electron chi connectivity index (χ1n) is 7.74. The van der Waals surface area contributed by atoms with Gasteiger partial charge in [0.25, 0.3) is 0 Å². The molecule has 0 aromatic carbocycles. The number of hydrogen-bond acceptors (Lipinski definition) is 8. The van der Waals surface area contributed by atoms with E-state index in [0.717, 1.165) is 12.2 Å². The summed E-state index contributed by atoms with van der Waals surface area (Å²) in [4.78, 5) is 24.7. The van der Waals surface area contributed by atoms with Crippen LogP contribution in [0.2, 0.25) is 0 Å². The number of nitrogens with one attached hydrogen (secondary N) is 2. The largest absolute Gasteiger partial charge is 0.344 e. The Balaban J connectivity index is 1.54. The van der Waals surface area contributed by atoms with E-state index < -0.39 is 6.04 Å². The van der Waals surface area contributed by atoms with Crippen molar-refractivity contribution in [2.75, 3.05) is 5.75 Å². The summed E-state index contributed by atoms with van der Waals surface area (Å²) in [5.74, 6) is 1.54.